The molecule has 6 nitrogen and oxygen atoms in total. The third kappa shape index (κ3) is 5.70. The van der Waals surface area contributed by atoms with E-state index >= 15 is 0 Å². The lowest BCUT2D eigenvalue weighted by atomic mass is 10.1. The molecule has 0 saturated carbocycles. The number of rotatable bonds is 5. The van der Waals surface area contributed by atoms with Crippen molar-refractivity contribution in [2.45, 2.75) is 19.5 Å². The van der Waals surface area contributed by atoms with Gasteiger partial charge in [-0.1, -0.05) is 0 Å². The van der Waals surface area contributed by atoms with Crippen LogP contribution in [0.1, 0.15) is 12.5 Å². The number of methoxy groups -OCH3 is 2. The highest BCUT2D eigenvalue weighted by atomic mass is 35.5. The Morgan fingerprint density at radius 1 is 1.17 bits per heavy atom. The lowest BCUT2D eigenvalue weighted by Gasteiger charge is -2.35. The molecule has 1 atom stereocenters. The molecule has 1 aliphatic heterocycles. The Kier molecular flexibility index (Phi) is 10.1. The molecule has 2 N–H and O–H groups in total. The van der Waals surface area contributed by atoms with Gasteiger partial charge in [0.05, 0.1) is 20.3 Å². The maximum absolute atomic E-state index is 11.9. The molecule has 1 heterocycles. The minimum Gasteiger partial charge on any atom is -0.497 e. The van der Waals surface area contributed by atoms with E-state index in [-0.39, 0.29) is 30.7 Å². The second kappa shape index (κ2) is 10.6. The van der Waals surface area contributed by atoms with Crippen molar-refractivity contribution in [1.29, 1.82) is 0 Å². The van der Waals surface area contributed by atoms with Gasteiger partial charge in [-0.25, -0.2) is 0 Å². The zero-order valence-corrected chi connectivity index (χ0v) is 16.0. The molecule has 1 aliphatic rings. The number of halogens is 2. The van der Waals surface area contributed by atoms with Gasteiger partial charge in [0.2, 0.25) is 5.91 Å². The molecule has 2 rings (SSSR count). The largest absolute Gasteiger partial charge is 0.497 e. The number of ether oxygens (including phenoxy) is 2. The molecule has 1 aromatic rings. The maximum atomic E-state index is 11.9. The van der Waals surface area contributed by atoms with Crippen molar-refractivity contribution in [3.63, 3.8) is 0 Å². The molecule has 138 valence electrons. The van der Waals surface area contributed by atoms with E-state index in [1.807, 2.05) is 23.1 Å². The van der Waals surface area contributed by atoms with Crippen LogP contribution in [-0.2, 0) is 11.3 Å². The van der Waals surface area contributed by atoms with Crippen LogP contribution in [-0.4, -0.2) is 62.1 Å². The summed E-state index contributed by atoms with van der Waals surface area (Å²) in [6, 6.07) is 5.38. The van der Waals surface area contributed by atoms with Crippen LogP contribution in [0.15, 0.2) is 18.2 Å². The molecule has 0 radical (unpaired) electrons. The smallest absolute Gasteiger partial charge is 0.239 e. The Morgan fingerprint density at radius 3 is 2.29 bits per heavy atom. The van der Waals surface area contributed by atoms with E-state index in [9.17, 15) is 4.79 Å². The summed E-state index contributed by atoms with van der Waals surface area (Å²) in [5.74, 6) is 1.70. The molecule has 1 aromatic carbocycles. The number of benzene rings is 1. The SMILES string of the molecule is COc1ccc(OC)c(CN2CCN(C(=O)[C@@H](C)N)CC2)c1.Cl.Cl. The Balaban J connectivity index is 0.00000264. The van der Waals surface area contributed by atoms with Gasteiger partial charge in [-0.2, -0.15) is 0 Å². The number of hydrogen-bond acceptors (Lipinski definition) is 5. The second-order valence-corrected chi connectivity index (χ2v) is 5.57. The first-order valence-electron chi connectivity index (χ1n) is 7.52. The quantitative estimate of drug-likeness (QED) is 0.840. The lowest BCUT2D eigenvalue weighted by molar-refractivity contribution is -0.134. The number of amides is 1. The van der Waals surface area contributed by atoms with Crippen LogP contribution >= 0.6 is 24.8 Å². The van der Waals surface area contributed by atoms with E-state index in [1.165, 1.54) is 0 Å². The fraction of sp³-hybridized carbons (Fsp3) is 0.562. The molecule has 0 unspecified atom stereocenters. The van der Waals surface area contributed by atoms with Gasteiger partial charge in [0.25, 0.3) is 0 Å². The molecule has 0 spiro atoms. The van der Waals surface area contributed by atoms with Gasteiger partial charge < -0.3 is 20.1 Å². The van der Waals surface area contributed by atoms with E-state index < -0.39 is 6.04 Å². The van der Waals surface area contributed by atoms with Crippen molar-refractivity contribution >= 4 is 30.7 Å². The molecule has 1 saturated heterocycles. The van der Waals surface area contributed by atoms with Gasteiger partial charge >= 0.3 is 0 Å². The Bertz CT molecular complexity index is 521. The summed E-state index contributed by atoms with van der Waals surface area (Å²) in [7, 11) is 3.33. The Morgan fingerprint density at radius 2 is 1.79 bits per heavy atom. The summed E-state index contributed by atoms with van der Waals surface area (Å²) in [4.78, 5) is 16.0. The van der Waals surface area contributed by atoms with E-state index in [2.05, 4.69) is 4.90 Å². The van der Waals surface area contributed by atoms with Gasteiger partial charge in [-0.05, 0) is 25.1 Å². The van der Waals surface area contributed by atoms with E-state index in [0.29, 0.717) is 13.1 Å². The van der Waals surface area contributed by atoms with Gasteiger partial charge in [0, 0.05) is 38.3 Å². The first kappa shape index (κ1) is 22.8. The van der Waals surface area contributed by atoms with Crippen LogP contribution in [0.25, 0.3) is 0 Å². The normalized spacial score (nSPS) is 15.8. The van der Waals surface area contributed by atoms with Crippen molar-refractivity contribution in [2.24, 2.45) is 5.73 Å². The summed E-state index contributed by atoms with van der Waals surface area (Å²) in [6.45, 7) is 5.60. The van der Waals surface area contributed by atoms with Crippen LogP contribution in [0, 0.1) is 0 Å². The van der Waals surface area contributed by atoms with Crippen LogP contribution in [0.4, 0.5) is 0 Å². The first-order valence-corrected chi connectivity index (χ1v) is 7.52. The third-order valence-electron chi connectivity index (χ3n) is 3.96. The summed E-state index contributed by atoms with van der Waals surface area (Å²) < 4.78 is 10.7. The molecule has 1 amide bonds. The molecule has 0 aliphatic carbocycles. The fourth-order valence-electron chi connectivity index (χ4n) is 2.66. The van der Waals surface area contributed by atoms with Crippen LogP contribution in [0.2, 0.25) is 0 Å². The monoisotopic (exact) mass is 379 g/mol. The number of nitrogens with two attached hydrogens (primary N) is 1. The minimum atomic E-state index is -0.426. The second-order valence-electron chi connectivity index (χ2n) is 5.57. The van der Waals surface area contributed by atoms with Gasteiger partial charge in [-0.15, -0.1) is 24.8 Å². The van der Waals surface area contributed by atoms with Crippen molar-refractivity contribution in [3.05, 3.63) is 23.8 Å². The lowest BCUT2D eigenvalue weighted by Crippen LogP contribution is -2.52. The molecular formula is C16H27Cl2N3O3. The zero-order valence-electron chi connectivity index (χ0n) is 14.4. The fourth-order valence-corrected chi connectivity index (χ4v) is 2.66. The average Bonchev–Trinajstić information content (AvgIpc) is 2.54. The summed E-state index contributed by atoms with van der Waals surface area (Å²) in [5.41, 5.74) is 6.75. The molecule has 1 fully saturated rings. The van der Waals surface area contributed by atoms with Crippen molar-refractivity contribution < 1.29 is 14.3 Å². The van der Waals surface area contributed by atoms with Crippen LogP contribution in [0.3, 0.4) is 0 Å². The topological polar surface area (TPSA) is 68.0 Å². The highest BCUT2D eigenvalue weighted by Gasteiger charge is 2.23. The third-order valence-corrected chi connectivity index (χ3v) is 3.96. The minimum absolute atomic E-state index is 0. The van der Waals surface area contributed by atoms with Gasteiger partial charge in [0.1, 0.15) is 11.5 Å². The standard InChI is InChI=1S/C16H25N3O3.2ClH/c1-12(17)16(20)19-8-6-18(7-9-19)11-13-10-14(21-2)4-5-15(13)22-3;;/h4-5,10,12H,6-9,11,17H2,1-3H3;2*1H/t12-;;/m1../s1. The highest BCUT2D eigenvalue weighted by molar-refractivity contribution is 5.85. The predicted molar refractivity (Wildman–Crippen MR) is 99.5 cm³/mol. The molecule has 0 aromatic heterocycles. The number of hydrogen-bond donors (Lipinski definition) is 1. The van der Waals surface area contributed by atoms with Crippen molar-refractivity contribution in [2.75, 3.05) is 40.4 Å². The number of carbonyl (C=O) groups excluding carboxylic acids is 1. The van der Waals surface area contributed by atoms with Crippen LogP contribution in [0.5, 0.6) is 11.5 Å². The number of carbonyl (C=O) groups is 1. The molecule has 8 heteroatoms. The maximum Gasteiger partial charge on any atom is 0.239 e. The van der Waals surface area contributed by atoms with Crippen LogP contribution < -0.4 is 15.2 Å². The van der Waals surface area contributed by atoms with Crippen molar-refractivity contribution in [1.82, 2.24) is 9.80 Å². The van der Waals surface area contributed by atoms with E-state index in [4.69, 9.17) is 15.2 Å². The predicted octanol–water partition coefficient (Wildman–Crippen LogP) is 1.54. The zero-order chi connectivity index (χ0) is 16.1. The van der Waals surface area contributed by atoms with Gasteiger partial charge in [0.15, 0.2) is 0 Å². The summed E-state index contributed by atoms with van der Waals surface area (Å²) in [5, 5.41) is 0. The summed E-state index contributed by atoms with van der Waals surface area (Å²) in [6.07, 6.45) is 0. The van der Waals surface area contributed by atoms with E-state index in [0.717, 1.165) is 36.7 Å². The number of piperazine rings is 1. The van der Waals surface area contributed by atoms with Crippen molar-refractivity contribution in [3.8, 4) is 11.5 Å². The Labute approximate surface area is 156 Å². The van der Waals surface area contributed by atoms with E-state index in [1.54, 1.807) is 21.1 Å². The average molecular weight is 380 g/mol. The molecular weight excluding hydrogens is 353 g/mol. The number of nitrogens with zero attached hydrogens (tertiary/aromatic N) is 2. The summed E-state index contributed by atoms with van der Waals surface area (Å²) >= 11 is 0. The highest BCUT2D eigenvalue weighted by Crippen LogP contribution is 2.25. The van der Waals surface area contributed by atoms with Gasteiger partial charge in [-0.3, -0.25) is 9.69 Å². The molecule has 0 bridgehead atoms. The first-order chi connectivity index (χ1) is 10.5. The molecule has 24 heavy (non-hydrogen) atoms. The Hall–Kier alpha value is -1.21.